The minimum Gasteiger partial charge on any atom is -0.481 e. The van der Waals surface area contributed by atoms with Gasteiger partial charge in [-0.2, -0.15) is 11.8 Å². The minimum atomic E-state index is -3.55. The van der Waals surface area contributed by atoms with Gasteiger partial charge in [0.25, 0.3) is 5.91 Å². The average molecular weight is 358 g/mol. The molecule has 23 heavy (non-hydrogen) atoms. The Labute approximate surface area is 139 Å². The summed E-state index contributed by atoms with van der Waals surface area (Å²) < 4.78 is 25.6. The zero-order valence-corrected chi connectivity index (χ0v) is 14.2. The Bertz CT molecular complexity index is 688. The number of aliphatic carboxylic acids is 1. The molecule has 0 aromatic heterocycles. The monoisotopic (exact) mass is 358 g/mol. The van der Waals surface area contributed by atoms with Crippen LogP contribution >= 0.6 is 11.8 Å². The summed E-state index contributed by atoms with van der Waals surface area (Å²) in [5.74, 6) is 0.133. The Balaban J connectivity index is 2.20. The normalized spacial score (nSPS) is 18.7. The summed E-state index contributed by atoms with van der Waals surface area (Å²) in [4.78, 5) is 25.2. The van der Waals surface area contributed by atoms with Gasteiger partial charge in [-0.1, -0.05) is 0 Å². The number of hydrogen-bond donors (Lipinski definition) is 2. The van der Waals surface area contributed by atoms with Gasteiger partial charge in [-0.15, -0.1) is 0 Å². The molecule has 1 atom stereocenters. The first-order chi connectivity index (χ1) is 10.8. The molecular formula is C14H18N2O5S2. The first-order valence-corrected chi connectivity index (χ1v) is 9.63. The summed E-state index contributed by atoms with van der Waals surface area (Å²) in [6, 6.07) is 5.28. The SMILES string of the molecule is CNS(=O)(=O)c1ccc(C(=O)N2CCSCC2CC(=O)O)cc1. The van der Waals surface area contributed by atoms with E-state index in [4.69, 9.17) is 5.11 Å². The molecule has 0 bridgehead atoms. The van der Waals surface area contributed by atoms with Crippen LogP contribution in [0.1, 0.15) is 16.8 Å². The maximum absolute atomic E-state index is 12.6. The van der Waals surface area contributed by atoms with Gasteiger partial charge in [0, 0.05) is 23.6 Å². The van der Waals surface area contributed by atoms with Gasteiger partial charge in [0.15, 0.2) is 0 Å². The van der Waals surface area contributed by atoms with Gasteiger partial charge in [-0.25, -0.2) is 13.1 Å². The van der Waals surface area contributed by atoms with E-state index in [0.717, 1.165) is 5.75 Å². The van der Waals surface area contributed by atoms with E-state index in [-0.39, 0.29) is 23.3 Å². The fraction of sp³-hybridized carbons (Fsp3) is 0.429. The quantitative estimate of drug-likeness (QED) is 0.800. The molecule has 1 aromatic rings. The molecule has 7 nitrogen and oxygen atoms in total. The van der Waals surface area contributed by atoms with Crippen molar-refractivity contribution in [2.45, 2.75) is 17.4 Å². The molecule has 1 aliphatic rings. The first-order valence-electron chi connectivity index (χ1n) is 6.99. The molecule has 126 valence electrons. The van der Waals surface area contributed by atoms with Crippen molar-refractivity contribution in [2.24, 2.45) is 0 Å². The van der Waals surface area contributed by atoms with Crippen molar-refractivity contribution >= 4 is 33.7 Å². The second-order valence-corrected chi connectivity index (χ2v) is 8.09. The zero-order valence-electron chi connectivity index (χ0n) is 12.6. The second kappa shape index (κ2) is 7.33. The smallest absolute Gasteiger partial charge is 0.305 e. The first kappa shape index (κ1) is 17.8. The van der Waals surface area contributed by atoms with Gasteiger partial charge in [0.05, 0.1) is 17.4 Å². The molecule has 1 fully saturated rings. The fourth-order valence-electron chi connectivity index (χ4n) is 2.35. The van der Waals surface area contributed by atoms with E-state index in [9.17, 15) is 18.0 Å². The van der Waals surface area contributed by atoms with Gasteiger partial charge in [0.1, 0.15) is 0 Å². The lowest BCUT2D eigenvalue weighted by Crippen LogP contribution is -2.47. The van der Waals surface area contributed by atoms with Crippen LogP contribution in [0.15, 0.2) is 29.2 Å². The summed E-state index contributed by atoms with van der Waals surface area (Å²) in [6.45, 7) is 0.484. The van der Waals surface area contributed by atoms with Crippen LogP contribution in [0.25, 0.3) is 0 Å². The van der Waals surface area contributed by atoms with Gasteiger partial charge in [-0.3, -0.25) is 9.59 Å². The summed E-state index contributed by atoms with van der Waals surface area (Å²) >= 11 is 1.63. The second-order valence-electron chi connectivity index (χ2n) is 5.06. The van der Waals surface area contributed by atoms with Crippen LogP contribution in [-0.4, -0.2) is 61.4 Å². The van der Waals surface area contributed by atoms with E-state index in [1.54, 1.807) is 16.7 Å². The number of amides is 1. The van der Waals surface area contributed by atoms with Gasteiger partial charge in [0.2, 0.25) is 10.0 Å². The van der Waals surface area contributed by atoms with Crippen LogP contribution in [-0.2, 0) is 14.8 Å². The van der Waals surface area contributed by atoms with Crippen molar-refractivity contribution in [1.29, 1.82) is 0 Å². The zero-order chi connectivity index (χ0) is 17.0. The Morgan fingerprint density at radius 2 is 2.00 bits per heavy atom. The average Bonchev–Trinajstić information content (AvgIpc) is 2.54. The molecular weight excluding hydrogens is 340 g/mol. The molecule has 1 unspecified atom stereocenters. The third-order valence-electron chi connectivity index (χ3n) is 3.58. The van der Waals surface area contributed by atoms with Crippen molar-refractivity contribution in [3.63, 3.8) is 0 Å². The number of rotatable bonds is 5. The molecule has 1 aliphatic heterocycles. The highest BCUT2D eigenvalue weighted by atomic mass is 32.2. The van der Waals surface area contributed by atoms with Crippen molar-refractivity contribution in [2.75, 3.05) is 25.1 Å². The van der Waals surface area contributed by atoms with E-state index >= 15 is 0 Å². The maximum Gasteiger partial charge on any atom is 0.305 e. The number of hydrogen-bond acceptors (Lipinski definition) is 5. The van der Waals surface area contributed by atoms with E-state index in [2.05, 4.69) is 4.72 Å². The van der Waals surface area contributed by atoms with Crippen molar-refractivity contribution in [3.8, 4) is 0 Å². The standard InChI is InChI=1S/C14H18N2O5S2/c1-15-23(20,21)12-4-2-10(3-5-12)14(19)16-6-7-22-9-11(16)8-13(17)18/h2-5,11,15H,6-9H2,1H3,(H,17,18). The lowest BCUT2D eigenvalue weighted by Gasteiger charge is -2.34. The highest BCUT2D eigenvalue weighted by Gasteiger charge is 2.29. The number of sulfonamides is 1. The van der Waals surface area contributed by atoms with Crippen LogP contribution in [0.3, 0.4) is 0 Å². The minimum absolute atomic E-state index is 0.0767. The highest BCUT2D eigenvalue weighted by Crippen LogP contribution is 2.22. The number of carboxylic acids is 1. The van der Waals surface area contributed by atoms with Crippen molar-refractivity contribution in [3.05, 3.63) is 29.8 Å². The molecule has 0 aliphatic carbocycles. The summed E-state index contributed by atoms with van der Waals surface area (Å²) in [7, 11) is -2.23. The number of carbonyl (C=O) groups is 2. The van der Waals surface area contributed by atoms with Gasteiger partial charge >= 0.3 is 5.97 Å². The van der Waals surface area contributed by atoms with E-state index in [1.165, 1.54) is 31.3 Å². The van der Waals surface area contributed by atoms with E-state index < -0.39 is 16.0 Å². The Morgan fingerprint density at radius 3 is 2.57 bits per heavy atom. The lowest BCUT2D eigenvalue weighted by molar-refractivity contribution is -0.138. The predicted molar refractivity (Wildman–Crippen MR) is 87.1 cm³/mol. The predicted octanol–water partition coefficient (Wildman–Crippen LogP) is 0.627. The van der Waals surface area contributed by atoms with Crippen LogP contribution in [0.4, 0.5) is 0 Å². The molecule has 1 aromatic carbocycles. The van der Waals surface area contributed by atoms with Crippen LogP contribution in [0.2, 0.25) is 0 Å². The highest BCUT2D eigenvalue weighted by molar-refractivity contribution is 7.99. The maximum atomic E-state index is 12.6. The number of thioether (sulfide) groups is 1. The summed E-state index contributed by atoms with van der Waals surface area (Å²) in [5.41, 5.74) is 0.349. The van der Waals surface area contributed by atoms with E-state index in [0.29, 0.717) is 17.9 Å². The lowest BCUT2D eigenvalue weighted by atomic mass is 10.1. The molecule has 2 rings (SSSR count). The number of nitrogens with one attached hydrogen (secondary N) is 1. The molecule has 0 radical (unpaired) electrons. The molecule has 2 N–H and O–H groups in total. The van der Waals surface area contributed by atoms with Gasteiger partial charge < -0.3 is 10.0 Å². The topological polar surface area (TPSA) is 104 Å². The van der Waals surface area contributed by atoms with Crippen molar-refractivity contribution in [1.82, 2.24) is 9.62 Å². The summed E-state index contributed by atoms with van der Waals surface area (Å²) in [6.07, 6.45) is -0.0923. The Kier molecular flexibility index (Phi) is 5.66. The van der Waals surface area contributed by atoms with Gasteiger partial charge in [-0.05, 0) is 31.3 Å². The largest absolute Gasteiger partial charge is 0.481 e. The van der Waals surface area contributed by atoms with E-state index in [1.807, 2.05) is 0 Å². The molecule has 0 spiro atoms. The molecule has 1 amide bonds. The molecule has 0 saturated carbocycles. The third-order valence-corrected chi connectivity index (χ3v) is 6.10. The van der Waals surface area contributed by atoms with Crippen LogP contribution in [0, 0.1) is 0 Å². The van der Waals surface area contributed by atoms with Crippen LogP contribution in [0.5, 0.6) is 0 Å². The molecule has 1 saturated heterocycles. The number of benzene rings is 1. The molecule has 9 heteroatoms. The number of carboxylic acid groups (broad SMARTS) is 1. The van der Waals surface area contributed by atoms with Crippen LogP contribution < -0.4 is 4.72 Å². The van der Waals surface area contributed by atoms with Crippen molar-refractivity contribution < 1.29 is 23.1 Å². The number of nitrogens with zero attached hydrogens (tertiary/aromatic N) is 1. The number of carbonyl (C=O) groups excluding carboxylic acids is 1. The fourth-order valence-corrected chi connectivity index (χ4v) is 4.15. The summed E-state index contributed by atoms with van der Waals surface area (Å²) in [5, 5.41) is 8.97. The Hall–Kier alpha value is -1.58. The Morgan fingerprint density at radius 1 is 1.35 bits per heavy atom. The third kappa shape index (κ3) is 4.24. The molecule has 1 heterocycles.